The molecule has 1 saturated heterocycles. The van der Waals surface area contributed by atoms with Crippen LogP contribution in [0.5, 0.6) is 0 Å². The smallest absolute Gasteiger partial charge is 0.247 e. The highest BCUT2D eigenvalue weighted by atomic mass is 35.5. The highest BCUT2D eigenvalue weighted by Crippen LogP contribution is 2.40. The van der Waals surface area contributed by atoms with E-state index >= 15 is 0 Å². The van der Waals surface area contributed by atoms with Crippen molar-refractivity contribution in [1.29, 1.82) is 0 Å². The van der Waals surface area contributed by atoms with E-state index in [1.165, 1.54) is 0 Å². The Labute approximate surface area is 123 Å². The van der Waals surface area contributed by atoms with Crippen LogP contribution in [0.15, 0.2) is 48.5 Å². The third-order valence-electron chi connectivity index (χ3n) is 3.64. The minimum atomic E-state index is -0.532. The molecule has 4 heteroatoms. The number of nitrogens with two attached hydrogens (primary N) is 1. The van der Waals surface area contributed by atoms with E-state index in [1.54, 1.807) is 4.90 Å². The summed E-state index contributed by atoms with van der Waals surface area (Å²) in [5, 5.41) is 0.637. The summed E-state index contributed by atoms with van der Waals surface area (Å²) in [6.45, 7) is 2.00. The second-order valence-corrected chi connectivity index (χ2v) is 5.45. The first kappa shape index (κ1) is 13.2. The molecule has 0 aliphatic carbocycles. The van der Waals surface area contributed by atoms with Crippen LogP contribution in [0.1, 0.15) is 17.2 Å². The summed E-state index contributed by atoms with van der Waals surface area (Å²) in [6.07, 6.45) is 0. The number of hydrogen-bond acceptors (Lipinski definition) is 2. The van der Waals surface area contributed by atoms with Gasteiger partial charge in [-0.25, -0.2) is 0 Å². The zero-order chi connectivity index (χ0) is 14.3. The quantitative estimate of drug-likeness (QED) is 0.863. The molecule has 2 atom stereocenters. The highest BCUT2D eigenvalue weighted by Gasteiger charge is 2.47. The first-order valence-corrected chi connectivity index (χ1v) is 6.87. The zero-order valence-corrected chi connectivity index (χ0v) is 11.8. The zero-order valence-electron chi connectivity index (χ0n) is 11.1. The van der Waals surface area contributed by atoms with Crippen LogP contribution < -0.4 is 10.6 Å². The van der Waals surface area contributed by atoms with Gasteiger partial charge in [0.15, 0.2) is 0 Å². The molecule has 1 aliphatic rings. The van der Waals surface area contributed by atoms with Crippen molar-refractivity contribution >= 4 is 23.2 Å². The molecule has 3 nitrogen and oxygen atoms in total. The summed E-state index contributed by atoms with van der Waals surface area (Å²) >= 11 is 6.24. The van der Waals surface area contributed by atoms with Crippen molar-refractivity contribution in [3.05, 3.63) is 64.7 Å². The van der Waals surface area contributed by atoms with Crippen molar-refractivity contribution in [3.63, 3.8) is 0 Å². The molecule has 0 saturated carbocycles. The SMILES string of the molecule is Cc1cccc(N2C(=O)[C@@H](N)[C@@H]2c2ccccc2Cl)c1. The normalized spacial score (nSPS) is 21.8. The van der Waals surface area contributed by atoms with Gasteiger partial charge in [0, 0.05) is 10.7 Å². The standard InChI is InChI=1S/C16H15ClN2O/c1-10-5-4-6-11(9-10)19-15(14(18)16(19)20)12-7-2-3-8-13(12)17/h2-9,14-15H,18H2,1H3/t14-,15-/m0/s1. The van der Waals surface area contributed by atoms with E-state index in [4.69, 9.17) is 17.3 Å². The maximum atomic E-state index is 12.1. The minimum absolute atomic E-state index is 0.0690. The van der Waals surface area contributed by atoms with Crippen molar-refractivity contribution in [2.75, 3.05) is 4.90 Å². The van der Waals surface area contributed by atoms with Gasteiger partial charge < -0.3 is 10.6 Å². The number of halogens is 1. The maximum Gasteiger partial charge on any atom is 0.247 e. The molecule has 1 aliphatic heterocycles. The summed E-state index contributed by atoms with van der Waals surface area (Å²) in [7, 11) is 0. The number of hydrogen-bond donors (Lipinski definition) is 1. The Kier molecular flexibility index (Phi) is 3.24. The number of aryl methyl sites for hydroxylation is 1. The molecule has 0 unspecified atom stereocenters. The van der Waals surface area contributed by atoms with E-state index in [2.05, 4.69) is 0 Å². The van der Waals surface area contributed by atoms with Crippen molar-refractivity contribution in [1.82, 2.24) is 0 Å². The third-order valence-corrected chi connectivity index (χ3v) is 3.99. The lowest BCUT2D eigenvalue weighted by Crippen LogP contribution is -2.63. The van der Waals surface area contributed by atoms with Crippen molar-refractivity contribution < 1.29 is 4.79 Å². The van der Waals surface area contributed by atoms with Gasteiger partial charge in [0.25, 0.3) is 0 Å². The summed E-state index contributed by atoms with van der Waals surface area (Å²) in [4.78, 5) is 13.8. The fourth-order valence-electron chi connectivity index (χ4n) is 2.62. The van der Waals surface area contributed by atoms with E-state index in [-0.39, 0.29) is 11.9 Å². The fraction of sp³-hybridized carbons (Fsp3) is 0.188. The molecule has 2 N–H and O–H groups in total. The minimum Gasteiger partial charge on any atom is -0.318 e. The maximum absolute atomic E-state index is 12.1. The predicted molar refractivity (Wildman–Crippen MR) is 80.8 cm³/mol. The number of rotatable bonds is 2. The molecule has 1 fully saturated rings. The Morgan fingerprint density at radius 1 is 1.15 bits per heavy atom. The third kappa shape index (κ3) is 1.99. The average Bonchev–Trinajstić information content (AvgIpc) is 2.45. The van der Waals surface area contributed by atoms with Gasteiger partial charge in [-0.15, -0.1) is 0 Å². The lowest BCUT2D eigenvalue weighted by Gasteiger charge is -2.46. The largest absolute Gasteiger partial charge is 0.318 e. The Hall–Kier alpha value is -1.84. The first-order chi connectivity index (χ1) is 9.59. The number of β-lactam (4-membered cyclic amide) rings is 1. The van der Waals surface area contributed by atoms with Crippen LogP contribution in [0.4, 0.5) is 5.69 Å². The molecule has 0 spiro atoms. The summed E-state index contributed by atoms with van der Waals surface area (Å²) in [6, 6.07) is 14.6. The average molecular weight is 287 g/mol. The van der Waals surface area contributed by atoms with Gasteiger partial charge in [-0.3, -0.25) is 4.79 Å². The molecule has 3 rings (SSSR count). The molecule has 1 amide bonds. The Bertz CT molecular complexity index is 671. The molecular weight excluding hydrogens is 272 g/mol. The summed E-state index contributed by atoms with van der Waals surface area (Å²) < 4.78 is 0. The first-order valence-electron chi connectivity index (χ1n) is 6.49. The van der Waals surface area contributed by atoms with Gasteiger partial charge in [-0.1, -0.05) is 41.9 Å². The summed E-state index contributed by atoms with van der Waals surface area (Å²) in [5.41, 5.74) is 8.84. The predicted octanol–water partition coefficient (Wildman–Crippen LogP) is 3.06. The topological polar surface area (TPSA) is 46.3 Å². The fourth-order valence-corrected chi connectivity index (χ4v) is 2.87. The van der Waals surface area contributed by atoms with Crippen LogP contribution >= 0.6 is 11.6 Å². The molecule has 20 heavy (non-hydrogen) atoms. The van der Waals surface area contributed by atoms with Crippen LogP contribution in [0, 0.1) is 6.92 Å². The van der Waals surface area contributed by atoms with E-state index in [0.717, 1.165) is 16.8 Å². The number of carbonyl (C=O) groups excluding carboxylic acids is 1. The van der Waals surface area contributed by atoms with Crippen molar-refractivity contribution in [2.24, 2.45) is 5.73 Å². The molecular formula is C16H15ClN2O. The molecule has 0 aromatic heterocycles. The van der Waals surface area contributed by atoms with E-state index in [0.29, 0.717) is 5.02 Å². The van der Waals surface area contributed by atoms with Crippen LogP contribution in [0.2, 0.25) is 5.02 Å². The Balaban J connectivity index is 2.02. The van der Waals surface area contributed by atoms with E-state index in [1.807, 2.05) is 55.5 Å². The van der Waals surface area contributed by atoms with Crippen LogP contribution in [0.3, 0.4) is 0 Å². The van der Waals surface area contributed by atoms with Gasteiger partial charge in [0.2, 0.25) is 5.91 Å². The monoisotopic (exact) mass is 286 g/mol. The van der Waals surface area contributed by atoms with Gasteiger partial charge in [-0.2, -0.15) is 0 Å². The van der Waals surface area contributed by atoms with Gasteiger partial charge in [0.05, 0.1) is 6.04 Å². The Morgan fingerprint density at radius 2 is 1.90 bits per heavy atom. The van der Waals surface area contributed by atoms with Crippen molar-refractivity contribution in [2.45, 2.75) is 19.0 Å². The van der Waals surface area contributed by atoms with Gasteiger partial charge in [-0.05, 0) is 36.2 Å². The van der Waals surface area contributed by atoms with Crippen LogP contribution in [0.25, 0.3) is 0 Å². The molecule has 2 aromatic rings. The number of amides is 1. The molecule has 1 heterocycles. The van der Waals surface area contributed by atoms with E-state index < -0.39 is 6.04 Å². The molecule has 2 aromatic carbocycles. The van der Waals surface area contributed by atoms with Crippen molar-refractivity contribution in [3.8, 4) is 0 Å². The number of carbonyl (C=O) groups is 1. The second kappa shape index (κ2) is 4.93. The highest BCUT2D eigenvalue weighted by molar-refractivity contribution is 6.31. The molecule has 0 bridgehead atoms. The molecule has 102 valence electrons. The number of benzene rings is 2. The second-order valence-electron chi connectivity index (χ2n) is 5.04. The van der Waals surface area contributed by atoms with Gasteiger partial charge in [0.1, 0.15) is 6.04 Å². The van der Waals surface area contributed by atoms with Crippen LogP contribution in [-0.2, 0) is 4.79 Å². The van der Waals surface area contributed by atoms with E-state index in [9.17, 15) is 4.79 Å². The van der Waals surface area contributed by atoms with Crippen LogP contribution in [-0.4, -0.2) is 11.9 Å². The summed E-state index contributed by atoms with van der Waals surface area (Å²) in [5.74, 6) is -0.0690. The van der Waals surface area contributed by atoms with Gasteiger partial charge >= 0.3 is 0 Å². The lowest BCUT2D eigenvalue weighted by molar-refractivity contribution is -0.126. The number of anilines is 1. The number of nitrogens with zero attached hydrogens (tertiary/aromatic N) is 1. The lowest BCUT2D eigenvalue weighted by atomic mass is 9.88. The Morgan fingerprint density at radius 3 is 2.60 bits per heavy atom. The molecule has 0 radical (unpaired) electrons.